The first-order valence-corrected chi connectivity index (χ1v) is 11.4. The quantitative estimate of drug-likeness (QED) is 0.219. The van der Waals surface area contributed by atoms with E-state index in [9.17, 15) is 0 Å². The van der Waals surface area contributed by atoms with Gasteiger partial charge < -0.3 is 14.2 Å². The summed E-state index contributed by atoms with van der Waals surface area (Å²) in [7, 11) is 1.61. The van der Waals surface area contributed by atoms with E-state index in [4.69, 9.17) is 25.8 Å². The predicted molar refractivity (Wildman–Crippen MR) is 137 cm³/mol. The maximum Gasteiger partial charge on any atom is 0.175 e. The molecule has 0 saturated carbocycles. The minimum absolute atomic E-state index is 0.375. The number of para-hydroxylation sites is 1. The number of benzene rings is 4. The summed E-state index contributed by atoms with van der Waals surface area (Å²) in [6.45, 7) is 0.375. The summed E-state index contributed by atoms with van der Waals surface area (Å²) in [5.74, 6) is 2.78. The van der Waals surface area contributed by atoms with Crippen molar-refractivity contribution in [2.45, 2.75) is 6.61 Å². The Balaban J connectivity index is 1.45. The van der Waals surface area contributed by atoms with Crippen LogP contribution in [0.25, 0.3) is 0 Å². The molecule has 0 aliphatic heterocycles. The van der Waals surface area contributed by atoms with E-state index in [1.54, 1.807) is 13.3 Å². The van der Waals surface area contributed by atoms with Crippen molar-refractivity contribution in [3.05, 3.63) is 112 Å². The Morgan fingerprint density at radius 3 is 2.36 bits per heavy atom. The van der Waals surface area contributed by atoms with E-state index in [0.29, 0.717) is 23.1 Å². The second-order valence-corrected chi connectivity index (χ2v) is 8.41. The summed E-state index contributed by atoms with van der Waals surface area (Å²) in [5, 5.41) is 0.674. The molecule has 4 nitrogen and oxygen atoms in total. The van der Waals surface area contributed by atoms with Crippen LogP contribution in [0, 0.1) is 0 Å². The summed E-state index contributed by atoms with van der Waals surface area (Å²) in [6, 6.07) is 28.6. The molecule has 0 radical (unpaired) electrons. The number of hydrogen-bond acceptors (Lipinski definition) is 4. The minimum atomic E-state index is 0.375. The number of nitrogens with zero attached hydrogens (tertiary/aromatic N) is 1. The van der Waals surface area contributed by atoms with Crippen LogP contribution in [-0.4, -0.2) is 13.3 Å². The molecule has 0 aliphatic carbocycles. The summed E-state index contributed by atoms with van der Waals surface area (Å²) < 4.78 is 18.1. The number of methoxy groups -OCH3 is 1. The smallest absolute Gasteiger partial charge is 0.175 e. The standard InChI is InChI=1S/C27H21BrClNO3/c1-31-26-16-20(15-25(28)27(26)32-18-19-6-5-7-21(29)14-19)17-30-22-10-12-24(13-11-22)33-23-8-3-2-4-9-23/h2-17H,18H2,1H3. The van der Waals surface area contributed by atoms with Gasteiger partial charge in [0.1, 0.15) is 18.1 Å². The van der Waals surface area contributed by atoms with E-state index in [1.807, 2.05) is 91.0 Å². The van der Waals surface area contributed by atoms with Gasteiger partial charge in [-0.15, -0.1) is 0 Å². The van der Waals surface area contributed by atoms with Gasteiger partial charge in [0.2, 0.25) is 0 Å². The molecular formula is C27H21BrClNO3. The van der Waals surface area contributed by atoms with Crippen molar-refractivity contribution < 1.29 is 14.2 Å². The second-order valence-electron chi connectivity index (χ2n) is 7.12. The molecule has 4 aromatic carbocycles. The van der Waals surface area contributed by atoms with Gasteiger partial charge in [-0.1, -0.05) is 41.9 Å². The van der Waals surface area contributed by atoms with Gasteiger partial charge in [0, 0.05) is 11.2 Å². The predicted octanol–water partition coefficient (Wildman–Crippen LogP) is 8.23. The van der Waals surface area contributed by atoms with E-state index in [0.717, 1.165) is 32.8 Å². The lowest BCUT2D eigenvalue weighted by atomic mass is 10.2. The van der Waals surface area contributed by atoms with Gasteiger partial charge in [-0.3, -0.25) is 4.99 Å². The highest BCUT2D eigenvalue weighted by molar-refractivity contribution is 9.10. The van der Waals surface area contributed by atoms with Crippen molar-refractivity contribution in [2.24, 2.45) is 4.99 Å². The van der Waals surface area contributed by atoms with E-state index >= 15 is 0 Å². The molecule has 166 valence electrons. The summed E-state index contributed by atoms with van der Waals surface area (Å²) in [4.78, 5) is 4.56. The molecule has 0 N–H and O–H groups in total. The highest BCUT2D eigenvalue weighted by atomic mass is 79.9. The van der Waals surface area contributed by atoms with E-state index < -0.39 is 0 Å². The van der Waals surface area contributed by atoms with Crippen LogP contribution >= 0.6 is 27.5 Å². The molecule has 0 unspecified atom stereocenters. The van der Waals surface area contributed by atoms with Gasteiger partial charge in [0.15, 0.2) is 11.5 Å². The largest absolute Gasteiger partial charge is 0.493 e. The van der Waals surface area contributed by atoms with Gasteiger partial charge >= 0.3 is 0 Å². The minimum Gasteiger partial charge on any atom is -0.493 e. The first-order chi connectivity index (χ1) is 16.1. The lowest BCUT2D eigenvalue weighted by Gasteiger charge is -2.13. The van der Waals surface area contributed by atoms with Gasteiger partial charge in [-0.25, -0.2) is 0 Å². The van der Waals surface area contributed by atoms with E-state index in [-0.39, 0.29) is 0 Å². The first kappa shape index (κ1) is 22.9. The highest BCUT2D eigenvalue weighted by Crippen LogP contribution is 2.37. The van der Waals surface area contributed by atoms with Crippen molar-refractivity contribution >= 4 is 39.4 Å². The van der Waals surface area contributed by atoms with Gasteiger partial charge in [0.25, 0.3) is 0 Å². The van der Waals surface area contributed by atoms with E-state index in [2.05, 4.69) is 20.9 Å². The van der Waals surface area contributed by atoms with E-state index in [1.165, 1.54) is 0 Å². The first-order valence-electron chi connectivity index (χ1n) is 10.2. The molecule has 0 aromatic heterocycles. The average molecular weight is 523 g/mol. The highest BCUT2D eigenvalue weighted by Gasteiger charge is 2.12. The number of ether oxygens (including phenoxy) is 3. The summed E-state index contributed by atoms with van der Waals surface area (Å²) in [6.07, 6.45) is 1.78. The zero-order valence-electron chi connectivity index (χ0n) is 17.9. The Morgan fingerprint density at radius 2 is 1.64 bits per heavy atom. The molecule has 6 heteroatoms. The van der Waals surface area contributed by atoms with Crippen molar-refractivity contribution in [2.75, 3.05) is 7.11 Å². The Bertz CT molecular complexity index is 1240. The summed E-state index contributed by atoms with van der Waals surface area (Å²) >= 11 is 9.64. The Hall–Kier alpha value is -3.28. The molecule has 4 aromatic rings. The number of rotatable bonds is 8. The Morgan fingerprint density at radius 1 is 0.879 bits per heavy atom. The van der Waals surface area contributed by atoms with Crippen LogP contribution < -0.4 is 14.2 Å². The Kier molecular flexibility index (Phi) is 7.66. The fourth-order valence-electron chi connectivity index (χ4n) is 3.11. The maximum atomic E-state index is 6.06. The molecule has 0 aliphatic rings. The fourth-order valence-corrected chi connectivity index (χ4v) is 3.90. The third kappa shape index (κ3) is 6.37. The zero-order valence-corrected chi connectivity index (χ0v) is 20.2. The van der Waals surface area contributed by atoms with Crippen LogP contribution in [0.2, 0.25) is 5.02 Å². The molecule has 0 amide bonds. The number of hydrogen-bond donors (Lipinski definition) is 0. The van der Waals surface area contributed by atoms with Crippen molar-refractivity contribution in [1.82, 2.24) is 0 Å². The lowest BCUT2D eigenvalue weighted by Crippen LogP contribution is -1.99. The molecule has 0 fully saturated rings. The molecule has 0 bridgehead atoms. The van der Waals surface area contributed by atoms with Crippen molar-refractivity contribution in [3.63, 3.8) is 0 Å². The lowest BCUT2D eigenvalue weighted by molar-refractivity contribution is 0.282. The zero-order chi connectivity index (χ0) is 23.0. The number of halogens is 2. The topological polar surface area (TPSA) is 40.0 Å². The molecule has 33 heavy (non-hydrogen) atoms. The number of aliphatic imine (C=N–C) groups is 1. The summed E-state index contributed by atoms with van der Waals surface area (Å²) in [5.41, 5.74) is 2.66. The SMILES string of the molecule is COc1cc(C=Nc2ccc(Oc3ccccc3)cc2)cc(Br)c1OCc1cccc(Cl)c1. The molecule has 0 heterocycles. The van der Waals surface area contributed by atoms with Gasteiger partial charge in [-0.05, 0) is 87.7 Å². The Labute approximate surface area is 206 Å². The molecule has 0 spiro atoms. The van der Waals surface area contributed by atoms with Crippen molar-refractivity contribution in [1.29, 1.82) is 0 Å². The van der Waals surface area contributed by atoms with Crippen LogP contribution in [0.4, 0.5) is 5.69 Å². The molecule has 4 rings (SSSR count). The third-order valence-electron chi connectivity index (χ3n) is 4.70. The maximum absolute atomic E-state index is 6.06. The van der Waals surface area contributed by atoms with Crippen LogP contribution in [-0.2, 0) is 6.61 Å². The fraction of sp³-hybridized carbons (Fsp3) is 0.0741. The van der Waals surface area contributed by atoms with Crippen LogP contribution in [0.5, 0.6) is 23.0 Å². The third-order valence-corrected chi connectivity index (χ3v) is 5.53. The van der Waals surface area contributed by atoms with Crippen molar-refractivity contribution in [3.8, 4) is 23.0 Å². The van der Waals surface area contributed by atoms with Gasteiger partial charge in [-0.2, -0.15) is 0 Å². The second kappa shape index (κ2) is 11.0. The molecular weight excluding hydrogens is 502 g/mol. The average Bonchev–Trinajstić information content (AvgIpc) is 2.83. The van der Waals surface area contributed by atoms with Crippen LogP contribution in [0.15, 0.2) is 100 Å². The normalized spacial score (nSPS) is 10.9. The molecule has 0 atom stereocenters. The van der Waals surface area contributed by atoms with Crippen LogP contribution in [0.3, 0.4) is 0 Å². The monoisotopic (exact) mass is 521 g/mol. The molecule has 0 saturated heterocycles. The van der Waals surface area contributed by atoms with Gasteiger partial charge in [0.05, 0.1) is 17.3 Å². The van der Waals surface area contributed by atoms with Crippen LogP contribution in [0.1, 0.15) is 11.1 Å².